The Bertz CT molecular complexity index is 1820. The lowest BCUT2D eigenvalue weighted by Crippen LogP contribution is -2.67. The maximum atomic E-state index is 13.1. The Hall–Kier alpha value is -4.26. The average Bonchev–Trinajstić information content (AvgIpc) is 3.64. The molecule has 278 valence electrons. The first kappa shape index (κ1) is 38.0. The number of amides is 1. The van der Waals surface area contributed by atoms with Gasteiger partial charge in [-0.15, -0.1) is 5.10 Å². The first-order valence-electron chi connectivity index (χ1n) is 15.1. The molecule has 5 heterocycles. The predicted molar refractivity (Wildman–Crippen MR) is 164 cm³/mol. The van der Waals surface area contributed by atoms with E-state index in [1.54, 1.807) is 18.3 Å². The third-order valence-corrected chi connectivity index (χ3v) is 9.00. The van der Waals surface area contributed by atoms with Crippen molar-refractivity contribution in [1.82, 2.24) is 34.8 Å². The fraction of sp³-hybridized carbons (Fsp3) is 0.519. The van der Waals surface area contributed by atoms with Crippen molar-refractivity contribution in [3.8, 4) is 11.3 Å². The van der Waals surface area contributed by atoms with Gasteiger partial charge in [0, 0.05) is 37.5 Å². The Balaban J connectivity index is 1.31. The zero-order valence-corrected chi connectivity index (χ0v) is 27.4. The molecule has 0 radical (unpaired) electrons. The van der Waals surface area contributed by atoms with Crippen molar-refractivity contribution >= 4 is 25.5 Å². The fourth-order valence-corrected chi connectivity index (χ4v) is 6.50. The van der Waals surface area contributed by atoms with Crippen molar-refractivity contribution in [3.05, 3.63) is 53.5 Å². The van der Waals surface area contributed by atoms with Gasteiger partial charge in [0.25, 0.3) is 5.79 Å². The van der Waals surface area contributed by atoms with E-state index >= 15 is 0 Å². The van der Waals surface area contributed by atoms with E-state index in [0.717, 1.165) is 22.4 Å². The summed E-state index contributed by atoms with van der Waals surface area (Å²) in [5.41, 5.74) is 5.45. The summed E-state index contributed by atoms with van der Waals surface area (Å²) in [6.07, 6.45) is -10.0. The molecule has 1 amide bonds. The molecule has 23 nitrogen and oxygen atoms in total. The number of nitrogens with one attached hydrogen (secondary N) is 1. The maximum absolute atomic E-state index is 13.1. The number of anilines is 1. The number of hydrogen-bond donors (Lipinski definition) is 9. The first-order chi connectivity index (χ1) is 24.0. The number of nitrogens with two attached hydrogens (primary N) is 1. The number of aliphatic hydroxyl groups is 5. The number of aliphatic hydroxyl groups excluding tert-OH is 5. The second-order valence-corrected chi connectivity index (χ2v) is 13.1. The SMILES string of the molecule is CC(=O)N[C@H]1[C@H]([C@H](O)[C@H](O)Cn2cc(-c3cccnc3)nn2)O[C@](OP(=O)(O)OC[C@H]2O[C@@H](n3ccc(N)nc3=O)[C@H](O)[C@@H]2O)(C(=O)O)C[C@@H]1O. The van der Waals surface area contributed by atoms with Crippen LogP contribution in [0.25, 0.3) is 11.3 Å². The van der Waals surface area contributed by atoms with Crippen LogP contribution in [0.4, 0.5) is 5.82 Å². The van der Waals surface area contributed by atoms with E-state index in [2.05, 4.69) is 25.6 Å². The largest absolute Gasteiger partial charge is 0.477 e. The van der Waals surface area contributed by atoms with Gasteiger partial charge >= 0.3 is 19.5 Å². The lowest BCUT2D eigenvalue weighted by atomic mass is 9.88. The number of nitrogen functional groups attached to an aromatic ring is 1. The number of pyridine rings is 1. The van der Waals surface area contributed by atoms with Gasteiger partial charge in [-0.2, -0.15) is 4.98 Å². The number of ether oxygens (including phenoxy) is 2. The topological polar surface area (TPSA) is 346 Å². The molecule has 0 saturated carbocycles. The van der Waals surface area contributed by atoms with Gasteiger partial charge < -0.3 is 56.1 Å². The summed E-state index contributed by atoms with van der Waals surface area (Å²) in [7, 11) is -5.57. The summed E-state index contributed by atoms with van der Waals surface area (Å²) in [6, 6.07) is 2.99. The van der Waals surface area contributed by atoms with Gasteiger partial charge in [-0.3, -0.25) is 18.9 Å². The van der Waals surface area contributed by atoms with Crippen LogP contribution in [0.2, 0.25) is 0 Å². The van der Waals surface area contributed by atoms with Crippen LogP contribution in [-0.4, -0.2) is 138 Å². The van der Waals surface area contributed by atoms with E-state index in [1.165, 1.54) is 18.5 Å². The highest BCUT2D eigenvalue weighted by Gasteiger charge is 2.59. The molecule has 24 heteroatoms. The van der Waals surface area contributed by atoms with Gasteiger partial charge in [0.15, 0.2) is 6.23 Å². The average molecular weight is 743 g/mol. The Kier molecular flexibility index (Phi) is 11.3. The molecule has 11 atom stereocenters. The third kappa shape index (κ3) is 8.45. The van der Waals surface area contributed by atoms with E-state index in [1.807, 2.05) is 0 Å². The minimum absolute atomic E-state index is 0.136. The molecule has 3 aromatic rings. The highest BCUT2D eigenvalue weighted by atomic mass is 31.2. The molecule has 5 rings (SSSR count). The van der Waals surface area contributed by atoms with Crippen molar-refractivity contribution in [3.63, 3.8) is 0 Å². The van der Waals surface area contributed by atoms with Crippen molar-refractivity contribution in [2.24, 2.45) is 0 Å². The Morgan fingerprint density at radius 2 is 1.98 bits per heavy atom. The number of carbonyl (C=O) groups excluding carboxylic acids is 1. The summed E-state index contributed by atoms with van der Waals surface area (Å²) in [6.45, 7) is -0.431. The van der Waals surface area contributed by atoms with Gasteiger partial charge in [0.1, 0.15) is 48.1 Å². The van der Waals surface area contributed by atoms with Crippen LogP contribution in [0.5, 0.6) is 0 Å². The van der Waals surface area contributed by atoms with Gasteiger partial charge in [-0.05, 0) is 18.2 Å². The number of phosphoric ester groups is 1. The monoisotopic (exact) mass is 742 g/mol. The van der Waals surface area contributed by atoms with Crippen LogP contribution in [0.3, 0.4) is 0 Å². The standard InChI is InChI=1S/C27H35N8O15P/c1-12(36)30-19-15(37)7-27(25(42)43,49-23(19)20(39)16(38)10-34-9-14(32-33-34)13-3-2-5-29-8-13)50-51(45,46)47-11-17-21(40)22(41)24(48-17)35-6-4-18(28)31-26(35)44/h2-6,8-9,15-17,19-24,37-41H,7,10-11H2,1H3,(H,30,36)(H,42,43)(H,45,46)(H2,28,31,44)/t15-,16+,17+,19+,20+,21+,22+,23+,24+,27+/m0/s1. The van der Waals surface area contributed by atoms with Gasteiger partial charge in [0.05, 0.1) is 31.5 Å². The summed E-state index contributed by atoms with van der Waals surface area (Å²) in [5.74, 6) is -6.19. The molecule has 0 aromatic carbocycles. The second-order valence-electron chi connectivity index (χ2n) is 11.7. The van der Waals surface area contributed by atoms with Crippen LogP contribution >= 0.6 is 7.82 Å². The molecule has 3 aromatic heterocycles. The minimum Gasteiger partial charge on any atom is -0.477 e. The van der Waals surface area contributed by atoms with Gasteiger partial charge in [-0.25, -0.2) is 23.4 Å². The Morgan fingerprint density at radius 3 is 2.63 bits per heavy atom. The number of aliphatic carboxylic acids is 1. The lowest BCUT2D eigenvalue weighted by Gasteiger charge is -2.46. The first-order valence-corrected chi connectivity index (χ1v) is 16.6. The molecular formula is C27H35N8O15P. The second kappa shape index (κ2) is 15.1. The number of carbonyl (C=O) groups is 2. The summed E-state index contributed by atoms with van der Waals surface area (Å²) >= 11 is 0. The van der Waals surface area contributed by atoms with E-state index in [0.29, 0.717) is 11.3 Å². The summed E-state index contributed by atoms with van der Waals surface area (Å²) in [5, 5.41) is 74.3. The van der Waals surface area contributed by atoms with Crippen LogP contribution in [0, 0.1) is 0 Å². The maximum Gasteiger partial charge on any atom is 0.475 e. The molecule has 10 N–H and O–H groups in total. The molecular weight excluding hydrogens is 707 g/mol. The molecule has 0 bridgehead atoms. The van der Waals surface area contributed by atoms with Crippen molar-refractivity contribution in [2.75, 3.05) is 12.3 Å². The predicted octanol–water partition coefficient (Wildman–Crippen LogP) is -3.91. The quantitative estimate of drug-likeness (QED) is 0.0755. The summed E-state index contributed by atoms with van der Waals surface area (Å²) in [4.78, 5) is 54.8. The molecule has 0 spiro atoms. The normalized spacial score (nSPS) is 30.3. The van der Waals surface area contributed by atoms with Crippen molar-refractivity contribution in [1.29, 1.82) is 0 Å². The molecule has 2 saturated heterocycles. The molecule has 51 heavy (non-hydrogen) atoms. The number of nitrogens with zero attached hydrogens (tertiary/aromatic N) is 6. The van der Waals surface area contributed by atoms with Gasteiger partial charge in [-0.1, -0.05) is 5.21 Å². The fourth-order valence-electron chi connectivity index (χ4n) is 5.54. The Morgan fingerprint density at radius 1 is 1.24 bits per heavy atom. The Labute approximate surface area is 286 Å². The molecule has 2 aliphatic rings. The molecule has 0 aliphatic carbocycles. The highest BCUT2D eigenvalue weighted by molar-refractivity contribution is 7.47. The number of carboxylic acids is 1. The number of rotatable bonds is 13. The van der Waals surface area contributed by atoms with Crippen molar-refractivity contribution in [2.45, 2.75) is 80.7 Å². The number of carboxylic acid groups (broad SMARTS) is 1. The highest BCUT2D eigenvalue weighted by Crippen LogP contribution is 2.51. The summed E-state index contributed by atoms with van der Waals surface area (Å²) < 4.78 is 35.8. The molecule has 2 fully saturated rings. The van der Waals surface area contributed by atoms with Crippen molar-refractivity contribution < 1.29 is 68.2 Å². The van der Waals surface area contributed by atoms with Gasteiger partial charge in [0.2, 0.25) is 5.91 Å². The number of hydrogen-bond acceptors (Lipinski definition) is 18. The van der Waals surface area contributed by atoms with Crippen LogP contribution in [0.15, 0.2) is 47.8 Å². The van der Waals surface area contributed by atoms with Crippen LogP contribution < -0.4 is 16.7 Å². The minimum atomic E-state index is -5.57. The lowest BCUT2D eigenvalue weighted by molar-refractivity contribution is -0.288. The van der Waals surface area contributed by atoms with E-state index in [-0.39, 0.29) is 5.82 Å². The van der Waals surface area contributed by atoms with E-state index < -0.39 is 106 Å². The zero-order chi connectivity index (χ0) is 37.2. The van der Waals surface area contributed by atoms with Crippen LogP contribution in [-0.2, 0) is 39.2 Å². The number of phosphoric acid groups is 1. The molecule has 1 unspecified atom stereocenters. The zero-order valence-electron chi connectivity index (χ0n) is 26.5. The van der Waals surface area contributed by atoms with E-state index in [9.17, 15) is 54.5 Å². The number of aromatic nitrogens is 6. The third-order valence-electron chi connectivity index (χ3n) is 8.00. The van der Waals surface area contributed by atoms with Crippen LogP contribution in [0.1, 0.15) is 19.6 Å². The van der Waals surface area contributed by atoms with E-state index in [4.69, 9.17) is 24.3 Å². The molecule has 2 aliphatic heterocycles. The smallest absolute Gasteiger partial charge is 0.475 e.